The van der Waals surface area contributed by atoms with Crippen molar-refractivity contribution in [3.05, 3.63) is 34.6 Å². The molecule has 7 heteroatoms. The molecular formula is C15H21Cl2FN2O2. The number of carbonyl (C=O) groups is 1. The SMILES string of the molecule is Cl.NCCCOC1CCN(C(=O)c2c(F)cccc2Cl)CC1. The number of piperidine rings is 1. The van der Waals surface area contributed by atoms with Crippen LogP contribution in [0.15, 0.2) is 18.2 Å². The normalized spacial score (nSPS) is 15.5. The first-order chi connectivity index (χ1) is 10.1. The zero-order valence-electron chi connectivity index (χ0n) is 12.3. The average molecular weight is 351 g/mol. The van der Waals surface area contributed by atoms with Crippen LogP contribution in [0.1, 0.15) is 29.6 Å². The third-order valence-corrected chi connectivity index (χ3v) is 3.92. The minimum atomic E-state index is -0.575. The van der Waals surface area contributed by atoms with Gasteiger partial charge >= 0.3 is 0 Å². The highest BCUT2D eigenvalue weighted by molar-refractivity contribution is 6.33. The van der Waals surface area contributed by atoms with Gasteiger partial charge in [0.2, 0.25) is 0 Å². The van der Waals surface area contributed by atoms with Crippen molar-refractivity contribution in [1.29, 1.82) is 0 Å². The van der Waals surface area contributed by atoms with Gasteiger partial charge in [-0.25, -0.2) is 4.39 Å². The molecule has 0 bridgehead atoms. The predicted molar refractivity (Wildman–Crippen MR) is 87.2 cm³/mol. The second-order valence-corrected chi connectivity index (χ2v) is 5.51. The quantitative estimate of drug-likeness (QED) is 0.830. The number of carbonyl (C=O) groups excluding carboxylic acids is 1. The topological polar surface area (TPSA) is 55.6 Å². The third-order valence-electron chi connectivity index (χ3n) is 3.61. The summed E-state index contributed by atoms with van der Waals surface area (Å²) in [6.45, 7) is 2.37. The Morgan fingerprint density at radius 3 is 2.68 bits per heavy atom. The molecule has 2 N–H and O–H groups in total. The monoisotopic (exact) mass is 350 g/mol. The van der Waals surface area contributed by atoms with E-state index in [1.54, 1.807) is 4.90 Å². The summed E-state index contributed by atoms with van der Waals surface area (Å²) in [5.74, 6) is -0.924. The number of hydrogen-bond donors (Lipinski definition) is 1. The molecule has 0 aromatic heterocycles. The molecule has 0 spiro atoms. The summed E-state index contributed by atoms with van der Waals surface area (Å²) in [5.41, 5.74) is 5.38. The van der Waals surface area contributed by atoms with Gasteiger partial charge in [0.05, 0.1) is 16.7 Å². The number of nitrogens with zero attached hydrogens (tertiary/aromatic N) is 1. The summed E-state index contributed by atoms with van der Waals surface area (Å²) in [6, 6.07) is 4.27. The molecule has 4 nitrogen and oxygen atoms in total. The number of halogens is 3. The lowest BCUT2D eigenvalue weighted by atomic mass is 10.1. The van der Waals surface area contributed by atoms with Crippen molar-refractivity contribution in [3.63, 3.8) is 0 Å². The third kappa shape index (κ3) is 4.81. The molecule has 0 saturated carbocycles. The van der Waals surface area contributed by atoms with Gasteiger partial charge in [0.25, 0.3) is 5.91 Å². The molecular weight excluding hydrogens is 330 g/mol. The highest BCUT2D eigenvalue weighted by atomic mass is 35.5. The molecule has 1 fully saturated rings. The Morgan fingerprint density at radius 1 is 1.41 bits per heavy atom. The zero-order chi connectivity index (χ0) is 15.2. The minimum Gasteiger partial charge on any atom is -0.378 e. The standard InChI is InChI=1S/C15H20ClFN2O2.ClH/c16-12-3-1-4-13(17)14(12)15(20)19-8-5-11(6-9-19)21-10-2-7-18;/h1,3-4,11H,2,5-10,18H2;1H. The number of ether oxygens (including phenoxy) is 1. The second kappa shape index (κ2) is 9.30. The van der Waals surface area contributed by atoms with E-state index in [1.165, 1.54) is 18.2 Å². The van der Waals surface area contributed by atoms with Gasteiger partial charge in [0, 0.05) is 19.7 Å². The van der Waals surface area contributed by atoms with Crippen molar-refractivity contribution in [2.45, 2.75) is 25.4 Å². The summed E-state index contributed by atoms with van der Waals surface area (Å²) in [7, 11) is 0. The van der Waals surface area contributed by atoms with Gasteiger partial charge in [-0.15, -0.1) is 12.4 Å². The molecule has 1 aliphatic heterocycles. The molecule has 1 amide bonds. The molecule has 1 heterocycles. The first kappa shape index (κ1) is 19.2. The summed E-state index contributed by atoms with van der Waals surface area (Å²) in [4.78, 5) is 14.0. The molecule has 0 unspecified atom stereocenters. The molecule has 0 radical (unpaired) electrons. The molecule has 1 aromatic carbocycles. The van der Waals surface area contributed by atoms with Crippen LogP contribution in [0.2, 0.25) is 5.02 Å². The Kier molecular flexibility index (Phi) is 8.10. The fraction of sp³-hybridized carbons (Fsp3) is 0.533. The van der Waals surface area contributed by atoms with Crippen LogP contribution in [0.3, 0.4) is 0 Å². The first-order valence-electron chi connectivity index (χ1n) is 7.18. The van der Waals surface area contributed by atoms with Crippen LogP contribution >= 0.6 is 24.0 Å². The van der Waals surface area contributed by atoms with Gasteiger partial charge in [-0.3, -0.25) is 4.79 Å². The van der Waals surface area contributed by atoms with Crippen LogP contribution in [0.4, 0.5) is 4.39 Å². The molecule has 2 rings (SSSR count). The van der Waals surface area contributed by atoms with Crippen molar-refractivity contribution in [2.24, 2.45) is 5.73 Å². The van der Waals surface area contributed by atoms with E-state index in [4.69, 9.17) is 22.1 Å². The van der Waals surface area contributed by atoms with E-state index in [0.717, 1.165) is 19.3 Å². The maximum atomic E-state index is 13.8. The Morgan fingerprint density at radius 2 is 2.09 bits per heavy atom. The van der Waals surface area contributed by atoms with Crippen LogP contribution in [0.5, 0.6) is 0 Å². The van der Waals surface area contributed by atoms with Crippen LogP contribution in [-0.2, 0) is 4.74 Å². The van der Waals surface area contributed by atoms with E-state index in [1.807, 2.05) is 0 Å². The van der Waals surface area contributed by atoms with Crippen LogP contribution in [-0.4, -0.2) is 43.2 Å². The Balaban J connectivity index is 0.00000242. The van der Waals surface area contributed by atoms with Gasteiger partial charge in [-0.1, -0.05) is 17.7 Å². The molecule has 1 aliphatic rings. The van der Waals surface area contributed by atoms with E-state index in [2.05, 4.69) is 0 Å². The number of rotatable bonds is 5. The summed E-state index contributed by atoms with van der Waals surface area (Å²) < 4.78 is 19.5. The van der Waals surface area contributed by atoms with Crippen LogP contribution < -0.4 is 5.73 Å². The van der Waals surface area contributed by atoms with Gasteiger partial charge in [0.1, 0.15) is 5.82 Å². The van der Waals surface area contributed by atoms with Crippen molar-refractivity contribution in [1.82, 2.24) is 4.90 Å². The van der Waals surface area contributed by atoms with E-state index >= 15 is 0 Å². The Hall–Kier alpha value is -0.880. The summed E-state index contributed by atoms with van der Waals surface area (Å²) >= 11 is 5.93. The molecule has 1 saturated heterocycles. The number of amides is 1. The largest absolute Gasteiger partial charge is 0.378 e. The van der Waals surface area contributed by atoms with E-state index in [9.17, 15) is 9.18 Å². The fourth-order valence-electron chi connectivity index (χ4n) is 2.42. The molecule has 22 heavy (non-hydrogen) atoms. The fourth-order valence-corrected chi connectivity index (χ4v) is 2.66. The van der Waals surface area contributed by atoms with Crippen molar-refractivity contribution >= 4 is 29.9 Å². The maximum Gasteiger partial charge on any atom is 0.258 e. The minimum absolute atomic E-state index is 0. The number of nitrogens with two attached hydrogens (primary N) is 1. The van der Waals surface area contributed by atoms with E-state index < -0.39 is 5.82 Å². The highest BCUT2D eigenvalue weighted by Gasteiger charge is 2.26. The maximum absolute atomic E-state index is 13.8. The van der Waals surface area contributed by atoms with Crippen molar-refractivity contribution in [3.8, 4) is 0 Å². The number of likely N-dealkylation sites (tertiary alicyclic amines) is 1. The Bertz CT molecular complexity index is 474. The van der Waals surface area contributed by atoms with Gasteiger partial charge in [0.15, 0.2) is 0 Å². The smallest absolute Gasteiger partial charge is 0.258 e. The lowest BCUT2D eigenvalue weighted by Crippen LogP contribution is -2.41. The van der Waals surface area contributed by atoms with Crippen LogP contribution in [0.25, 0.3) is 0 Å². The lowest BCUT2D eigenvalue weighted by molar-refractivity contribution is 0.00834. The molecule has 0 aliphatic carbocycles. The van der Waals surface area contributed by atoms with Gasteiger partial charge in [-0.05, 0) is 37.9 Å². The average Bonchev–Trinajstić information content (AvgIpc) is 2.48. The molecule has 1 aromatic rings. The zero-order valence-corrected chi connectivity index (χ0v) is 13.8. The van der Waals surface area contributed by atoms with E-state index in [0.29, 0.717) is 26.2 Å². The van der Waals surface area contributed by atoms with Crippen molar-refractivity contribution < 1.29 is 13.9 Å². The molecule has 124 valence electrons. The second-order valence-electron chi connectivity index (χ2n) is 5.10. The lowest BCUT2D eigenvalue weighted by Gasteiger charge is -2.32. The highest BCUT2D eigenvalue weighted by Crippen LogP contribution is 2.23. The van der Waals surface area contributed by atoms with Crippen molar-refractivity contribution in [2.75, 3.05) is 26.2 Å². The summed E-state index contributed by atoms with van der Waals surface area (Å²) in [5, 5.41) is 0.154. The van der Waals surface area contributed by atoms with Crippen LogP contribution in [0, 0.1) is 5.82 Å². The Labute approximate surface area is 141 Å². The first-order valence-corrected chi connectivity index (χ1v) is 7.56. The number of hydrogen-bond acceptors (Lipinski definition) is 3. The summed E-state index contributed by atoms with van der Waals surface area (Å²) in [6.07, 6.45) is 2.49. The molecule has 0 atom stereocenters. The van der Waals surface area contributed by atoms with Gasteiger partial charge in [-0.2, -0.15) is 0 Å². The number of benzene rings is 1. The van der Waals surface area contributed by atoms with E-state index in [-0.39, 0.29) is 35.0 Å². The predicted octanol–water partition coefficient (Wildman–Crippen LogP) is 2.87. The van der Waals surface area contributed by atoms with Gasteiger partial charge < -0.3 is 15.4 Å².